The summed E-state index contributed by atoms with van der Waals surface area (Å²) in [6.07, 6.45) is 2.00. The highest BCUT2D eigenvalue weighted by molar-refractivity contribution is 6.34. The van der Waals surface area contributed by atoms with Gasteiger partial charge in [0.2, 0.25) is 23.6 Å². The van der Waals surface area contributed by atoms with E-state index in [2.05, 4.69) is 10.6 Å². The molecule has 6 nitrogen and oxygen atoms in total. The fourth-order valence-electron chi connectivity index (χ4n) is 3.15. The number of imide groups is 2. The lowest BCUT2D eigenvalue weighted by molar-refractivity contribution is -0.191. The van der Waals surface area contributed by atoms with Crippen LogP contribution in [0.4, 0.5) is 0 Å². The zero-order valence-electron chi connectivity index (χ0n) is 8.46. The van der Waals surface area contributed by atoms with Crippen LogP contribution < -0.4 is 10.6 Å². The normalized spacial score (nSPS) is 29.5. The van der Waals surface area contributed by atoms with Crippen LogP contribution in [0.15, 0.2) is 0 Å². The molecule has 0 unspecified atom stereocenters. The molecule has 3 aliphatic rings. The second kappa shape index (κ2) is 2.50. The first-order chi connectivity index (χ1) is 7.55. The van der Waals surface area contributed by atoms with Crippen LogP contribution in [0.3, 0.4) is 0 Å². The Morgan fingerprint density at radius 1 is 0.688 bits per heavy atom. The van der Waals surface area contributed by atoms with Crippen molar-refractivity contribution in [3.8, 4) is 0 Å². The van der Waals surface area contributed by atoms with Gasteiger partial charge in [-0.1, -0.05) is 12.8 Å². The summed E-state index contributed by atoms with van der Waals surface area (Å²) < 4.78 is 0. The van der Waals surface area contributed by atoms with Gasteiger partial charge in [-0.05, 0) is 12.8 Å². The van der Waals surface area contributed by atoms with Gasteiger partial charge in [0.1, 0.15) is 0 Å². The SMILES string of the molecule is O=C1NC(=O)C12CCCCC21C(=O)NC1=O. The number of amides is 4. The monoisotopic (exact) mass is 222 g/mol. The second-order valence-electron chi connectivity index (χ2n) is 4.58. The molecule has 0 bridgehead atoms. The average Bonchev–Trinajstić information content (AvgIpc) is 2.29. The number of carbonyl (C=O) groups is 4. The highest BCUT2D eigenvalue weighted by Gasteiger charge is 2.78. The predicted molar refractivity (Wildman–Crippen MR) is 49.6 cm³/mol. The van der Waals surface area contributed by atoms with Crippen LogP contribution in [-0.2, 0) is 19.2 Å². The summed E-state index contributed by atoms with van der Waals surface area (Å²) in [6.45, 7) is 0. The molecule has 6 heteroatoms. The molecule has 2 aliphatic heterocycles. The first kappa shape index (κ1) is 9.50. The molecule has 1 saturated carbocycles. The van der Waals surface area contributed by atoms with Gasteiger partial charge in [0.05, 0.1) is 0 Å². The van der Waals surface area contributed by atoms with Crippen molar-refractivity contribution in [2.45, 2.75) is 25.7 Å². The molecular weight excluding hydrogens is 212 g/mol. The molecule has 84 valence electrons. The molecule has 0 aromatic heterocycles. The van der Waals surface area contributed by atoms with E-state index in [9.17, 15) is 19.2 Å². The van der Waals surface area contributed by atoms with Crippen LogP contribution in [0.5, 0.6) is 0 Å². The van der Waals surface area contributed by atoms with Gasteiger partial charge in [0.25, 0.3) is 0 Å². The lowest BCUT2D eigenvalue weighted by Crippen LogP contribution is -2.82. The van der Waals surface area contributed by atoms with Gasteiger partial charge in [0, 0.05) is 0 Å². The lowest BCUT2D eigenvalue weighted by atomic mass is 9.48. The summed E-state index contributed by atoms with van der Waals surface area (Å²) in [5, 5.41) is 4.24. The summed E-state index contributed by atoms with van der Waals surface area (Å²) in [4.78, 5) is 46.6. The number of nitrogens with one attached hydrogen (secondary N) is 2. The average molecular weight is 222 g/mol. The zero-order chi connectivity index (χ0) is 11.6. The van der Waals surface area contributed by atoms with E-state index in [0.29, 0.717) is 25.7 Å². The molecule has 0 aromatic rings. The number of fused-ring (bicyclic) bond motifs is 1. The van der Waals surface area contributed by atoms with Crippen LogP contribution in [0.1, 0.15) is 25.7 Å². The third-order valence-electron chi connectivity index (χ3n) is 4.09. The van der Waals surface area contributed by atoms with Gasteiger partial charge in [-0.3, -0.25) is 29.8 Å². The van der Waals surface area contributed by atoms with Crippen LogP contribution in [-0.4, -0.2) is 23.6 Å². The molecule has 1 aliphatic carbocycles. The Morgan fingerprint density at radius 2 is 1.00 bits per heavy atom. The Labute approximate surface area is 90.8 Å². The maximum atomic E-state index is 11.7. The smallest absolute Gasteiger partial charge is 0.243 e. The first-order valence-electron chi connectivity index (χ1n) is 5.27. The van der Waals surface area contributed by atoms with Crippen LogP contribution in [0.2, 0.25) is 0 Å². The van der Waals surface area contributed by atoms with E-state index in [-0.39, 0.29) is 0 Å². The molecule has 4 amide bonds. The van der Waals surface area contributed by atoms with E-state index >= 15 is 0 Å². The fraction of sp³-hybridized carbons (Fsp3) is 0.600. The fourth-order valence-corrected chi connectivity index (χ4v) is 3.15. The molecule has 3 rings (SSSR count). The highest BCUT2D eigenvalue weighted by atomic mass is 16.2. The molecule has 0 aromatic carbocycles. The van der Waals surface area contributed by atoms with Crippen molar-refractivity contribution in [1.82, 2.24) is 10.6 Å². The minimum atomic E-state index is -1.40. The van der Waals surface area contributed by atoms with Crippen LogP contribution in [0, 0.1) is 10.8 Å². The molecule has 2 saturated heterocycles. The van der Waals surface area contributed by atoms with E-state index in [1.807, 2.05) is 0 Å². The molecular formula is C10H10N2O4. The molecule has 2 spiro atoms. The van der Waals surface area contributed by atoms with Crippen molar-refractivity contribution >= 4 is 23.6 Å². The Hall–Kier alpha value is -1.72. The number of hydrogen-bond acceptors (Lipinski definition) is 4. The summed E-state index contributed by atoms with van der Waals surface area (Å²) >= 11 is 0. The zero-order valence-corrected chi connectivity index (χ0v) is 8.46. The van der Waals surface area contributed by atoms with Gasteiger partial charge in [0.15, 0.2) is 10.8 Å². The van der Waals surface area contributed by atoms with Gasteiger partial charge in [-0.15, -0.1) is 0 Å². The number of rotatable bonds is 0. The van der Waals surface area contributed by atoms with Gasteiger partial charge < -0.3 is 0 Å². The van der Waals surface area contributed by atoms with Crippen molar-refractivity contribution in [3.63, 3.8) is 0 Å². The van der Waals surface area contributed by atoms with Crippen molar-refractivity contribution in [2.24, 2.45) is 10.8 Å². The molecule has 0 atom stereocenters. The Bertz CT molecular complexity index is 384. The standard InChI is InChI=1S/C10H10N2O4/c13-5-9(6(14)11-5)3-1-2-4-10(9)7(15)12-8(10)16/h1-4H2,(H,11,13,14)(H,12,15,16). The second-order valence-corrected chi connectivity index (χ2v) is 4.58. The van der Waals surface area contributed by atoms with Crippen molar-refractivity contribution in [1.29, 1.82) is 0 Å². The van der Waals surface area contributed by atoms with Gasteiger partial charge in [-0.25, -0.2) is 0 Å². The van der Waals surface area contributed by atoms with E-state index < -0.39 is 34.5 Å². The summed E-state index contributed by atoms with van der Waals surface area (Å²) in [6, 6.07) is 0. The maximum absolute atomic E-state index is 11.7. The highest BCUT2D eigenvalue weighted by Crippen LogP contribution is 2.57. The predicted octanol–water partition coefficient (Wildman–Crippen LogP) is -1.15. The Kier molecular flexibility index (Phi) is 1.49. The van der Waals surface area contributed by atoms with Crippen molar-refractivity contribution < 1.29 is 19.2 Å². The minimum absolute atomic E-state index is 0.302. The van der Waals surface area contributed by atoms with E-state index in [1.165, 1.54) is 0 Å². The third kappa shape index (κ3) is 0.670. The summed E-state index contributed by atoms with van der Waals surface area (Å²) in [5.41, 5.74) is -2.80. The number of hydrogen-bond donors (Lipinski definition) is 2. The molecule has 0 radical (unpaired) electrons. The molecule has 3 fully saturated rings. The van der Waals surface area contributed by atoms with Crippen LogP contribution in [0.25, 0.3) is 0 Å². The number of carbonyl (C=O) groups excluding carboxylic acids is 4. The molecule has 16 heavy (non-hydrogen) atoms. The maximum Gasteiger partial charge on any atom is 0.243 e. The van der Waals surface area contributed by atoms with E-state index in [4.69, 9.17) is 0 Å². The Morgan fingerprint density at radius 3 is 1.25 bits per heavy atom. The van der Waals surface area contributed by atoms with E-state index in [1.54, 1.807) is 0 Å². The van der Waals surface area contributed by atoms with E-state index in [0.717, 1.165) is 0 Å². The van der Waals surface area contributed by atoms with Gasteiger partial charge in [-0.2, -0.15) is 0 Å². The summed E-state index contributed by atoms with van der Waals surface area (Å²) in [5.74, 6) is -1.89. The lowest BCUT2D eigenvalue weighted by Gasteiger charge is -2.56. The van der Waals surface area contributed by atoms with Crippen molar-refractivity contribution in [2.75, 3.05) is 0 Å². The molecule has 2 heterocycles. The van der Waals surface area contributed by atoms with Crippen LogP contribution >= 0.6 is 0 Å². The Balaban J connectivity index is 2.15. The van der Waals surface area contributed by atoms with Gasteiger partial charge >= 0.3 is 0 Å². The largest absolute Gasteiger partial charge is 0.294 e. The topological polar surface area (TPSA) is 92.3 Å². The number of β-lactam (4-membered cyclic amide) rings is 4. The summed E-state index contributed by atoms with van der Waals surface area (Å²) in [7, 11) is 0. The van der Waals surface area contributed by atoms with Crippen molar-refractivity contribution in [3.05, 3.63) is 0 Å². The quantitative estimate of drug-likeness (QED) is 0.399. The first-order valence-corrected chi connectivity index (χ1v) is 5.27. The minimum Gasteiger partial charge on any atom is -0.294 e. The third-order valence-corrected chi connectivity index (χ3v) is 4.09. The molecule has 2 N–H and O–H groups in total.